The normalized spacial score (nSPS) is 12.0. The number of hydrogen-bond donors (Lipinski definition) is 0. The van der Waals surface area contributed by atoms with Gasteiger partial charge in [-0.05, 0) is 102 Å². The summed E-state index contributed by atoms with van der Waals surface area (Å²) in [5.74, 6) is 0. The Morgan fingerprint density at radius 1 is 0.260 bits per heavy atom. The van der Waals surface area contributed by atoms with Crippen molar-refractivity contribution in [3.8, 4) is 33.4 Å². The van der Waals surface area contributed by atoms with Gasteiger partial charge in [0.25, 0.3) is 0 Å². The molecule has 0 aliphatic heterocycles. The molecule has 2 aromatic heterocycles. The van der Waals surface area contributed by atoms with Crippen LogP contribution in [0.4, 0.5) is 0 Å². The molecule has 0 amide bonds. The molecule has 232 valence electrons. The SMILES string of the molecule is c1ccc2cc(-c3c4ccccc4c(-c4ccc(-c5ccc6sc7ccc8sc9ccccc9c8c7c6c5)cc4)c4ccccc34)ccc2c1. The molecule has 0 N–H and O–H groups in total. The van der Waals surface area contributed by atoms with E-state index in [1.54, 1.807) is 0 Å². The molecule has 11 rings (SSSR count). The van der Waals surface area contributed by atoms with Crippen molar-refractivity contribution in [3.05, 3.63) is 170 Å². The van der Waals surface area contributed by atoms with Gasteiger partial charge in [0.2, 0.25) is 0 Å². The molecule has 0 saturated heterocycles. The van der Waals surface area contributed by atoms with Gasteiger partial charge in [-0.25, -0.2) is 0 Å². The molecule has 9 aromatic carbocycles. The van der Waals surface area contributed by atoms with Crippen LogP contribution < -0.4 is 0 Å². The summed E-state index contributed by atoms with van der Waals surface area (Å²) in [4.78, 5) is 0. The predicted octanol–water partition coefficient (Wildman–Crippen LogP) is 14.9. The van der Waals surface area contributed by atoms with Gasteiger partial charge >= 0.3 is 0 Å². The van der Waals surface area contributed by atoms with Crippen LogP contribution in [-0.2, 0) is 0 Å². The monoisotopic (exact) mass is 668 g/mol. The van der Waals surface area contributed by atoms with Crippen molar-refractivity contribution < 1.29 is 0 Å². The first-order valence-corrected chi connectivity index (χ1v) is 18.7. The van der Waals surface area contributed by atoms with E-state index in [4.69, 9.17) is 0 Å². The third kappa shape index (κ3) is 4.16. The van der Waals surface area contributed by atoms with Crippen molar-refractivity contribution in [2.75, 3.05) is 0 Å². The lowest BCUT2D eigenvalue weighted by Gasteiger charge is -2.18. The van der Waals surface area contributed by atoms with E-state index in [0.29, 0.717) is 0 Å². The van der Waals surface area contributed by atoms with Crippen molar-refractivity contribution in [2.24, 2.45) is 0 Å². The van der Waals surface area contributed by atoms with Gasteiger partial charge in [0.1, 0.15) is 0 Å². The van der Waals surface area contributed by atoms with Crippen molar-refractivity contribution >= 4 is 95.3 Å². The fourth-order valence-corrected chi connectivity index (χ4v) is 10.4. The smallest absolute Gasteiger partial charge is 0.0362 e. The highest BCUT2D eigenvalue weighted by molar-refractivity contribution is 7.28. The van der Waals surface area contributed by atoms with E-state index in [-0.39, 0.29) is 0 Å². The third-order valence-corrected chi connectivity index (χ3v) is 12.7. The van der Waals surface area contributed by atoms with Crippen molar-refractivity contribution in [1.29, 1.82) is 0 Å². The summed E-state index contributed by atoms with van der Waals surface area (Å²) in [7, 11) is 0. The number of fused-ring (bicyclic) bond motifs is 10. The highest BCUT2D eigenvalue weighted by Crippen LogP contribution is 2.47. The molecule has 0 spiro atoms. The maximum absolute atomic E-state index is 2.41. The summed E-state index contributed by atoms with van der Waals surface area (Å²) in [5.41, 5.74) is 7.56. The second-order valence-electron chi connectivity index (χ2n) is 13.2. The molecule has 0 atom stereocenters. The van der Waals surface area contributed by atoms with Crippen molar-refractivity contribution in [2.45, 2.75) is 0 Å². The lowest BCUT2D eigenvalue weighted by Crippen LogP contribution is -1.91. The molecule has 2 heteroatoms. The van der Waals surface area contributed by atoms with Gasteiger partial charge in [0.05, 0.1) is 0 Å². The molecular weight excluding hydrogens is 641 g/mol. The summed E-state index contributed by atoms with van der Waals surface area (Å²) < 4.78 is 5.41. The van der Waals surface area contributed by atoms with Crippen molar-refractivity contribution in [3.63, 3.8) is 0 Å². The van der Waals surface area contributed by atoms with Crippen LogP contribution in [0.15, 0.2) is 170 Å². The fraction of sp³-hybridized carbons (Fsp3) is 0. The molecule has 11 aromatic rings. The summed E-state index contributed by atoms with van der Waals surface area (Å²) >= 11 is 3.79. The lowest BCUT2D eigenvalue weighted by atomic mass is 9.85. The third-order valence-electron chi connectivity index (χ3n) is 10.5. The zero-order valence-corrected chi connectivity index (χ0v) is 28.6. The fourth-order valence-electron chi connectivity index (χ4n) is 8.19. The molecule has 0 bridgehead atoms. The van der Waals surface area contributed by atoms with Crippen LogP contribution in [0.1, 0.15) is 0 Å². The molecular formula is C48H28S2. The minimum Gasteiger partial charge on any atom is -0.135 e. The van der Waals surface area contributed by atoms with Crippen LogP contribution in [0.3, 0.4) is 0 Å². The lowest BCUT2D eigenvalue weighted by molar-refractivity contribution is 1.63. The van der Waals surface area contributed by atoms with Gasteiger partial charge in [-0.15, -0.1) is 22.7 Å². The van der Waals surface area contributed by atoms with E-state index in [2.05, 4.69) is 170 Å². The van der Waals surface area contributed by atoms with E-state index < -0.39 is 0 Å². The Bertz CT molecular complexity index is 3080. The molecule has 0 nitrogen and oxygen atoms in total. The summed E-state index contributed by atoms with van der Waals surface area (Å²) in [6, 6.07) is 63.1. The van der Waals surface area contributed by atoms with Crippen LogP contribution in [0.25, 0.3) is 106 Å². The molecule has 50 heavy (non-hydrogen) atoms. The van der Waals surface area contributed by atoms with Gasteiger partial charge < -0.3 is 0 Å². The Morgan fingerprint density at radius 2 is 0.720 bits per heavy atom. The molecule has 0 aliphatic rings. The Balaban J connectivity index is 1.08. The van der Waals surface area contributed by atoms with Gasteiger partial charge in [-0.1, -0.05) is 133 Å². The predicted molar refractivity (Wildman–Crippen MR) is 221 cm³/mol. The first-order valence-electron chi connectivity index (χ1n) is 17.1. The second kappa shape index (κ2) is 10.9. The van der Waals surface area contributed by atoms with E-state index >= 15 is 0 Å². The quantitative estimate of drug-likeness (QED) is 0.164. The molecule has 0 unspecified atom stereocenters. The average Bonchev–Trinajstić information content (AvgIpc) is 3.74. The zero-order chi connectivity index (χ0) is 32.8. The molecule has 0 fully saturated rings. The van der Waals surface area contributed by atoms with E-state index in [1.165, 1.54) is 106 Å². The van der Waals surface area contributed by atoms with Crippen molar-refractivity contribution in [1.82, 2.24) is 0 Å². The van der Waals surface area contributed by atoms with E-state index in [9.17, 15) is 0 Å². The standard InChI is InChI=1S/C48H28S2/c1-2-10-32-27-34(22-19-29(32)9-1)46-37-13-5-3-11-35(37)45(36-12-4-6-14-38(36)46)31-20-17-30(18-21-31)33-23-24-42-40(28-33)48-44(50-42)26-25-43-47(48)39-15-7-8-16-41(39)49-43/h1-28H. The largest absolute Gasteiger partial charge is 0.135 e. The summed E-state index contributed by atoms with van der Waals surface area (Å²) in [6.07, 6.45) is 0. The van der Waals surface area contributed by atoms with Gasteiger partial charge in [-0.2, -0.15) is 0 Å². The second-order valence-corrected chi connectivity index (χ2v) is 15.4. The maximum atomic E-state index is 2.41. The minimum atomic E-state index is 1.23. The minimum absolute atomic E-state index is 1.23. The average molecular weight is 669 g/mol. The van der Waals surface area contributed by atoms with Crippen LogP contribution in [0.5, 0.6) is 0 Å². The topological polar surface area (TPSA) is 0 Å². The molecule has 0 saturated carbocycles. The number of hydrogen-bond acceptors (Lipinski definition) is 2. The summed E-state index contributed by atoms with van der Waals surface area (Å²) in [5, 5.41) is 13.1. The maximum Gasteiger partial charge on any atom is 0.0362 e. The first kappa shape index (κ1) is 28.1. The Morgan fingerprint density at radius 3 is 1.40 bits per heavy atom. The molecule has 0 radical (unpaired) electrons. The van der Waals surface area contributed by atoms with E-state index in [0.717, 1.165) is 0 Å². The van der Waals surface area contributed by atoms with E-state index in [1.807, 2.05) is 22.7 Å². The first-order chi connectivity index (χ1) is 24.8. The Labute approximate surface area is 297 Å². The number of benzene rings is 9. The van der Waals surface area contributed by atoms with Crippen LogP contribution in [0.2, 0.25) is 0 Å². The van der Waals surface area contributed by atoms with Gasteiger partial charge in [0.15, 0.2) is 0 Å². The Kier molecular flexibility index (Phi) is 6.09. The highest BCUT2D eigenvalue weighted by atomic mass is 32.1. The number of rotatable bonds is 3. The zero-order valence-electron chi connectivity index (χ0n) is 27.0. The van der Waals surface area contributed by atoms with Crippen LogP contribution in [-0.4, -0.2) is 0 Å². The number of thiophene rings is 2. The van der Waals surface area contributed by atoms with Gasteiger partial charge in [0, 0.05) is 40.3 Å². The molecule has 0 aliphatic carbocycles. The summed E-state index contributed by atoms with van der Waals surface area (Å²) in [6.45, 7) is 0. The van der Waals surface area contributed by atoms with Gasteiger partial charge in [-0.3, -0.25) is 0 Å². The Hall–Kier alpha value is -5.80. The van der Waals surface area contributed by atoms with Crippen LogP contribution >= 0.6 is 22.7 Å². The van der Waals surface area contributed by atoms with Crippen LogP contribution in [0, 0.1) is 0 Å². The molecule has 2 heterocycles. The highest BCUT2D eigenvalue weighted by Gasteiger charge is 2.18.